The van der Waals surface area contributed by atoms with Gasteiger partial charge in [0.05, 0.1) is 37.7 Å². The van der Waals surface area contributed by atoms with Gasteiger partial charge in [-0.25, -0.2) is 0 Å². The van der Waals surface area contributed by atoms with Crippen LogP contribution in [0.25, 0.3) is 5.69 Å². The zero-order valence-electron chi connectivity index (χ0n) is 20.5. The second kappa shape index (κ2) is 9.95. The van der Waals surface area contributed by atoms with Crippen molar-refractivity contribution in [3.05, 3.63) is 100 Å². The molecule has 2 aromatic heterocycles. The lowest BCUT2D eigenvalue weighted by atomic mass is 9.96. The van der Waals surface area contributed by atoms with Gasteiger partial charge in [0.15, 0.2) is 5.11 Å². The SMILES string of the molecule is COc1ccc(OC)c(N2C(=S)NC(c3ccccn3)C2c2cc(C)n(-c3ccc(Br)cc3)c2C)c1. The van der Waals surface area contributed by atoms with Crippen molar-refractivity contribution in [2.24, 2.45) is 0 Å². The molecule has 2 atom stereocenters. The van der Waals surface area contributed by atoms with Crippen LogP contribution in [0.3, 0.4) is 0 Å². The van der Waals surface area contributed by atoms with Crippen molar-refractivity contribution in [2.75, 3.05) is 19.1 Å². The Kier molecular flexibility index (Phi) is 6.73. The predicted octanol–water partition coefficient (Wildman–Crippen LogP) is 6.45. The van der Waals surface area contributed by atoms with E-state index in [-0.39, 0.29) is 12.1 Å². The number of anilines is 1. The van der Waals surface area contributed by atoms with Gasteiger partial charge in [-0.3, -0.25) is 4.98 Å². The van der Waals surface area contributed by atoms with Gasteiger partial charge in [0.25, 0.3) is 0 Å². The van der Waals surface area contributed by atoms with Gasteiger partial charge in [-0.1, -0.05) is 22.0 Å². The monoisotopic (exact) mass is 562 g/mol. The van der Waals surface area contributed by atoms with Crippen molar-refractivity contribution in [1.82, 2.24) is 14.9 Å². The van der Waals surface area contributed by atoms with Crippen LogP contribution in [0.2, 0.25) is 0 Å². The minimum absolute atomic E-state index is 0.159. The topological polar surface area (TPSA) is 51.6 Å². The number of halogens is 1. The van der Waals surface area contributed by atoms with Gasteiger partial charge < -0.3 is 24.3 Å². The molecular weight excluding hydrogens is 536 g/mol. The van der Waals surface area contributed by atoms with Crippen molar-refractivity contribution in [3.63, 3.8) is 0 Å². The summed E-state index contributed by atoms with van der Waals surface area (Å²) in [6, 6.07) is 22.0. The van der Waals surface area contributed by atoms with E-state index in [4.69, 9.17) is 21.7 Å². The summed E-state index contributed by atoms with van der Waals surface area (Å²) in [7, 11) is 3.33. The fraction of sp³-hybridized carbons (Fsp3) is 0.214. The summed E-state index contributed by atoms with van der Waals surface area (Å²) in [5, 5.41) is 4.15. The number of hydrogen-bond donors (Lipinski definition) is 1. The minimum Gasteiger partial charge on any atom is -0.497 e. The van der Waals surface area contributed by atoms with E-state index in [0.29, 0.717) is 10.9 Å². The highest BCUT2D eigenvalue weighted by atomic mass is 79.9. The quantitative estimate of drug-likeness (QED) is 0.273. The Morgan fingerprint density at radius 3 is 2.42 bits per heavy atom. The summed E-state index contributed by atoms with van der Waals surface area (Å²) in [5.74, 6) is 1.45. The fourth-order valence-electron chi connectivity index (χ4n) is 4.99. The normalized spacial score (nSPS) is 17.2. The number of rotatable bonds is 6. The Labute approximate surface area is 225 Å². The fourth-order valence-corrected chi connectivity index (χ4v) is 5.59. The molecule has 0 aliphatic carbocycles. The third-order valence-electron chi connectivity index (χ3n) is 6.62. The highest BCUT2D eigenvalue weighted by Crippen LogP contribution is 2.47. The lowest BCUT2D eigenvalue weighted by Gasteiger charge is -2.29. The molecule has 0 spiro atoms. The van der Waals surface area contributed by atoms with Crippen molar-refractivity contribution in [1.29, 1.82) is 0 Å². The highest BCUT2D eigenvalue weighted by Gasteiger charge is 2.43. The van der Waals surface area contributed by atoms with Crippen LogP contribution in [-0.4, -0.2) is 28.9 Å². The molecule has 0 saturated carbocycles. The smallest absolute Gasteiger partial charge is 0.174 e. The number of nitrogens with zero attached hydrogens (tertiary/aromatic N) is 3. The van der Waals surface area contributed by atoms with Crippen LogP contribution >= 0.6 is 28.1 Å². The lowest BCUT2D eigenvalue weighted by Crippen LogP contribution is -2.30. The molecule has 6 nitrogen and oxygen atoms in total. The first kappa shape index (κ1) is 24.3. The molecule has 2 unspecified atom stereocenters. The van der Waals surface area contributed by atoms with Crippen LogP contribution in [-0.2, 0) is 0 Å². The van der Waals surface area contributed by atoms with E-state index in [1.165, 1.54) is 0 Å². The minimum atomic E-state index is -0.163. The second-order valence-corrected chi connectivity index (χ2v) is 9.98. The van der Waals surface area contributed by atoms with Crippen LogP contribution in [0.15, 0.2) is 77.4 Å². The van der Waals surface area contributed by atoms with Gasteiger partial charge in [0.1, 0.15) is 11.5 Å². The van der Waals surface area contributed by atoms with Crippen LogP contribution in [0.1, 0.15) is 34.7 Å². The zero-order chi connectivity index (χ0) is 25.4. The summed E-state index contributed by atoms with van der Waals surface area (Å²) < 4.78 is 14.6. The Morgan fingerprint density at radius 2 is 1.75 bits per heavy atom. The third kappa shape index (κ3) is 4.24. The molecule has 4 aromatic rings. The van der Waals surface area contributed by atoms with Gasteiger partial charge in [-0.15, -0.1) is 0 Å². The number of pyridine rings is 1. The molecule has 2 aromatic carbocycles. The van der Waals surface area contributed by atoms with Crippen LogP contribution in [0.5, 0.6) is 11.5 Å². The second-order valence-electron chi connectivity index (χ2n) is 8.67. The van der Waals surface area contributed by atoms with Crippen molar-refractivity contribution in [3.8, 4) is 17.2 Å². The summed E-state index contributed by atoms with van der Waals surface area (Å²) in [6.45, 7) is 4.29. The molecule has 3 heterocycles. The van der Waals surface area contributed by atoms with Crippen molar-refractivity contribution >= 4 is 38.9 Å². The standard InChI is InChI=1S/C28H27BrN4O2S/c1-17-15-22(18(2)32(17)20-10-8-19(29)9-11-20)27-26(23-7-5-6-14-30-23)31-28(36)33(27)24-16-21(34-3)12-13-25(24)35-4/h5-16,26-27H,1-4H3,(H,31,36). The van der Waals surface area contributed by atoms with Crippen molar-refractivity contribution < 1.29 is 9.47 Å². The van der Waals surface area contributed by atoms with E-state index in [1.54, 1.807) is 14.2 Å². The van der Waals surface area contributed by atoms with E-state index >= 15 is 0 Å². The molecule has 36 heavy (non-hydrogen) atoms. The Morgan fingerprint density at radius 1 is 0.972 bits per heavy atom. The predicted molar refractivity (Wildman–Crippen MR) is 150 cm³/mol. The maximum atomic E-state index is 5.93. The Hall–Kier alpha value is -3.36. The van der Waals surface area contributed by atoms with E-state index in [2.05, 4.69) is 79.9 Å². The average Bonchev–Trinajstić information content (AvgIpc) is 3.39. The summed E-state index contributed by atoms with van der Waals surface area (Å²) in [4.78, 5) is 6.81. The van der Waals surface area contributed by atoms with E-state index in [1.807, 2.05) is 42.6 Å². The molecule has 1 aliphatic heterocycles. The van der Waals surface area contributed by atoms with Gasteiger partial charge in [0, 0.05) is 33.8 Å². The number of hydrogen-bond acceptors (Lipinski definition) is 4. The summed E-state index contributed by atoms with van der Waals surface area (Å²) in [6.07, 6.45) is 1.82. The molecule has 5 rings (SSSR count). The molecule has 0 bridgehead atoms. The van der Waals surface area contributed by atoms with Gasteiger partial charge in [0.2, 0.25) is 0 Å². The van der Waals surface area contributed by atoms with Crippen LogP contribution in [0.4, 0.5) is 5.69 Å². The third-order valence-corrected chi connectivity index (χ3v) is 7.46. The number of nitrogens with one attached hydrogen (secondary N) is 1. The Bertz CT molecular complexity index is 1410. The molecule has 1 saturated heterocycles. The van der Waals surface area contributed by atoms with Crippen LogP contribution < -0.4 is 19.7 Å². The maximum absolute atomic E-state index is 5.93. The average molecular weight is 564 g/mol. The Balaban J connectivity index is 1.71. The number of methoxy groups -OCH3 is 2. The largest absolute Gasteiger partial charge is 0.497 e. The number of benzene rings is 2. The molecule has 0 radical (unpaired) electrons. The molecule has 1 N–H and O–H groups in total. The molecule has 0 amide bonds. The molecule has 184 valence electrons. The summed E-state index contributed by atoms with van der Waals surface area (Å²) >= 11 is 9.48. The van der Waals surface area contributed by atoms with E-state index < -0.39 is 0 Å². The van der Waals surface area contributed by atoms with Crippen LogP contribution in [0, 0.1) is 13.8 Å². The van der Waals surface area contributed by atoms with Gasteiger partial charge in [-0.05, 0) is 86.2 Å². The first-order valence-electron chi connectivity index (χ1n) is 11.6. The first-order chi connectivity index (χ1) is 17.4. The molecule has 1 fully saturated rings. The first-order valence-corrected chi connectivity index (χ1v) is 12.8. The number of ether oxygens (including phenoxy) is 2. The molecule has 1 aliphatic rings. The lowest BCUT2D eigenvalue weighted by molar-refractivity contribution is 0.403. The maximum Gasteiger partial charge on any atom is 0.174 e. The molecular formula is C28H27BrN4O2S. The van der Waals surface area contributed by atoms with Gasteiger partial charge >= 0.3 is 0 Å². The van der Waals surface area contributed by atoms with Gasteiger partial charge in [-0.2, -0.15) is 0 Å². The van der Waals surface area contributed by atoms with E-state index in [0.717, 1.165) is 44.2 Å². The summed E-state index contributed by atoms with van der Waals surface area (Å²) in [5.41, 5.74) is 6.30. The number of aromatic nitrogens is 2. The highest BCUT2D eigenvalue weighted by molar-refractivity contribution is 9.10. The number of aryl methyl sites for hydroxylation is 1. The molecule has 8 heteroatoms. The van der Waals surface area contributed by atoms with E-state index in [9.17, 15) is 0 Å². The zero-order valence-corrected chi connectivity index (χ0v) is 22.9. The van der Waals surface area contributed by atoms with Crippen molar-refractivity contribution in [2.45, 2.75) is 25.9 Å². The number of thiocarbonyl (C=S) groups is 1.